The third kappa shape index (κ3) is 0.824. The Balaban J connectivity index is 2.20. The third-order valence-corrected chi connectivity index (χ3v) is 5.88. The summed E-state index contributed by atoms with van der Waals surface area (Å²) in [6, 6.07) is 0. The van der Waals surface area contributed by atoms with E-state index in [9.17, 15) is 10.1 Å². The molecule has 2 saturated carbocycles. The molecule has 0 unspecified atom stereocenters. The highest BCUT2D eigenvalue weighted by atomic mass is 16.7. The fourth-order valence-electron chi connectivity index (χ4n) is 4.68. The molecule has 0 amide bonds. The molecular weight excluding hydrogens is 222 g/mol. The van der Waals surface area contributed by atoms with E-state index >= 15 is 0 Å². The molecule has 0 aromatic rings. The van der Waals surface area contributed by atoms with E-state index in [0.29, 0.717) is 18.9 Å². The number of piperidine rings is 1. The summed E-state index contributed by atoms with van der Waals surface area (Å²) < 4.78 is 0. The zero-order valence-corrected chi connectivity index (χ0v) is 9.96. The maximum absolute atomic E-state index is 11.2. The molecule has 4 bridgehead atoms. The highest BCUT2D eigenvalue weighted by molar-refractivity contribution is 5.26. The van der Waals surface area contributed by atoms with E-state index in [1.165, 1.54) is 5.01 Å². The van der Waals surface area contributed by atoms with E-state index in [4.69, 9.17) is 5.53 Å². The van der Waals surface area contributed by atoms with Crippen molar-refractivity contribution < 1.29 is 5.03 Å². The predicted octanol–water partition coefficient (Wildman–Crippen LogP) is 2.33. The van der Waals surface area contributed by atoms with Crippen molar-refractivity contribution in [3.8, 4) is 0 Å². The Hall–Kier alpha value is -1.49. The summed E-state index contributed by atoms with van der Waals surface area (Å²) in [6.45, 7) is 4.57. The standard InChI is InChI=1S/C10H15N5O2/c1-8-6-14(15(16)17)10(12-13-11)5-7(8)3-4-9(8,10)2/h7H,3-6H2,1-2H3/t7-,8+,9-,10-/m1/s1. The summed E-state index contributed by atoms with van der Waals surface area (Å²) in [5, 5.41) is 15.9. The zero-order valence-electron chi connectivity index (χ0n) is 9.96. The molecule has 7 heteroatoms. The third-order valence-electron chi connectivity index (χ3n) is 5.88. The van der Waals surface area contributed by atoms with Crippen LogP contribution in [0.4, 0.5) is 0 Å². The van der Waals surface area contributed by atoms with Crippen LogP contribution >= 0.6 is 0 Å². The average Bonchev–Trinajstić information content (AvgIpc) is 2.69. The summed E-state index contributed by atoms with van der Waals surface area (Å²) in [7, 11) is 0. The largest absolute Gasteiger partial charge is 0.235 e. The fourth-order valence-corrected chi connectivity index (χ4v) is 4.68. The first kappa shape index (κ1) is 10.7. The lowest BCUT2D eigenvalue weighted by molar-refractivity contribution is -0.675. The van der Waals surface area contributed by atoms with Gasteiger partial charge in [-0.15, -0.1) is 5.01 Å². The monoisotopic (exact) mass is 237 g/mol. The van der Waals surface area contributed by atoms with Gasteiger partial charge in [-0.25, -0.2) is 10.1 Å². The molecule has 17 heavy (non-hydrogen) atoms. The lowest BCUT2D eigenvalue weighted by Gasteiger charge is -2.39. The number of hydrogen-bond donors (Lipinski definition) is 0. The lowest BCUT2D eigenvalue weighted by Crippen LogP contribution is -2.53. The first-order chi connectivity index (χ1) is 7.91. The van der Waals surface area contributed by atoms with Crippen molar-refractivity contribution in [2.45, 2.75) is 38.8 Å². The molecule has 7 nitrogen and oxygen atoms in total. The van der Waals surface area contributed by atoms with Crippen molar-refractivity contribution in [2.24, 2.45) is 21.9 Å². The number of nitrogens with zero attached hydrogens (tertiary/aromatic N) is 5. The highest BCUT2D eigenvalue weighted by Crippen LogP contribution is 2.76. The second-order valence-corrected chi connectivity index (χ2v) is 5.99. The van der Waals surface area contributed by atoms with E-state index in [1.54, 1.807) is 0 Å². The Labute approximate surface area is 98.5 Å². The first-order valence-electron chi connectivity index (χ1n) is 5.89. The van der Waals surface area contributed by atoms with Crippen molar-refractivity contribution in [2.75, 3.05) is 6.54 Å². The molecule has 0 spiro atoms. The summed E-state index contributed by atoms with van der Waals surface area (Å²) in [5.74, 6) is 0.453. The molecule has 3 aliphatic rings. The molecule has 92 valence electrons. The van der Waals surface area contributed by atoms with Crippen LogP contribution in [0.1, 0.15) is 33.1 Å². The number of rotatable bonds is 2. The van der Waals surface area contributed by atoms with Crippen LogP contribution in [0, 0.1) is 26.9 Å². The van der Waals surface area contributed by atoms with E-state index in [0.717, 1.165) is 12.8 Å². The number of nitro groups is 1. The van der Waals surface area contributed by atoms with Gasteiger partial charge in [0.15, 0.2) is 10.7 Å². The van der Waals surface area contributed by atoms with Crippen LogP contribution in [0.15, 0.2) is 5.11 Å². The Morgan fingerprint density at radius 2 is 2.29 bits per heavy atom. The predicted molar refractivity (Wildman–Crippen MR) is 59.1 cm³/mol. The van der Waals surface area contributed by atoms with Gasteiger partial charge in [-0.1, -0.05) is 19.0 Å². The van der Waals surface area contributed by atoms with Crippen LogP contribution in [0.5, 0.6) is 0 Å². The Bertz CT molecular complexity index is 462. The molecular formula is C10H15N5O2. The fraction of sp³-hybridized carbons (Fsp3) is 1.00. The summed E-state index contributed by atoms with van der Waals surface area (Å²) in [6.07, 6.45) is 2.64. The van der Waals surface area contributed by atoms with Crippen molar-refractivity contribution in [1.82, 2.24) is 5.01 Å². The molecule has 0 radical (unpaired) electrons. The van der Waals surface area contributed by atoms with Crippen LogP contribution in [-0.4, -0.2) is 22.2 Å². The van der Waals surface area contributed by atoms with Crippen LogP contribution in [0.25, 0.3) is 10.4 Å². The number of hydrazine groups is 1. The van der Waals surface area contributed by atoms with Crippen molar-refractivity contribution in [1.29, 1.82) is 0 Å². The van der Waals surface area contributed by atoms with Crippen molar-refractivity contribution in [3.63, 3.8) is 0 Å². The minimum atomic E-state index is -0.942. The van der Waals surface area contributed by atoms with E-state index < -0.39 is 5.66 Å². The Morgan fingerprint density at radius 3 is 2.82 bits per heavy atom. The minimum Gasteiger partial charge on any atom is -0.235 e. The maximum atomic E-state index is 11.2. The van der Waals surface area contributed by atoms with Crippen LogP contribution in [-0.2, 0) is 0 Å². The highest BCUT2D eigenvalue weighted by Gasteiger charge is 2.81. The van der Waals surface area contributed by atoms with Gasteiger partial charge in [-0.3, -0.25) is 0 Å². The molecule has 1 aliphatic heterocycles. The van der Waals surface area contributed by atoms with Gasteiger partial charge in [0, 0.05) is 15.7 Å². The van der Waals surface area contributed by atoms with Gasteiger partial charge in [-0.05, 0) is 30.7 Å². The number of hydrogen-bond acceptors (Lipinski definition) is 3. The van der Waals surface area contributed by atoms with Crippen molar-refractivity contribution in [3.05, 3.63) is 20.6 Å². The Morgan fingerprint density at radius 1 is 1.59 bits per heavy atom. The maximum Gasteiger partial charge on any atom is 0.184 e. The molecule has 1 saturated heterocycles. The molecule has 4 atom stereocenters. The molecule has 2 aliphatic carbocycles. The van der Waals surface area contributed by atoms with Crippen molar-refractivity contribution >= 4 is 0 Å². The second-order valence-electron chi connectivity index (χ2n) is 5.99. The topological polar surface area (TPSA) is 95.1 Å². The zero-order chi connectivity index (χ0) is 12.5. The van der Waals surface area contributed by atoms with Crippen LogP contribution in [0.3, 0.4) is 0 Å². The number of azide groups is 1. The van der Waals surface area contributed by atoms with Gasteiger partial charge in [0.1, 0.15) is 0 Å². The smallest absolute Gasteiger partial charge is 0.184 e. The average molecular weight is 237 g/mol. The van der Waals surface area contributed by atoms with Gasteiger partial charge >= 0.3 is 0 Å². The van der Waals surface area contributed by atoms with E-state index in [2.05, 4.69) is 23.9 Å². The summed E-state index contributed by atoms with van der Waals surface area (Å²) in [4.78, 5) is 14.1. The lowest BCUT2D eigenvalue weighted by atomic mass is 9.69. The Kier molecular flexibility index (Phi) is 1.67. The van der Waals surface area contributed by atoms with E-state index in [1.807, 2.05) is 0 Å². The summed E-state index contributed by atoms with van der Waals surface area (Å²) >= 11 is 0. The van der Waals surface area contributed by atoms with Gasteiger partial charge in [-0.2, -0.15) is 0 Å². The normalized spacial score (nSPS) is 50.5. The van der Waals surface area contributed by atoms with Gasteiger partial charge < -0.3 is 0 Å². The molecule has 1 heterocycles. The van der Waals surface area contributed by atoms with Gasteiger partial charge in [0.2, 0.25) is 0 Å². The SMILES string of the molecule is C[C@]12CC[C@@H]3C[C@@]1(N=[N+]=[N-])N([N+](=O)[O-])C[C@@]32C. The van der Waals surface area contributed by atoms with E-state index in [-0.39, 0.29) is 15.9 Å². The second kappa shape index (κ2) is 2.67. The first-order valence-corrected chi connectivity index (χ1v) is 5.89. The summed E-state index contributed by atoms with van der Waals surface area (Å²) in [5.41, 5.74) is 7.49. The molecule has 0 aromatic heterocycles. The molecule has 0 aromatic carbocycles. The quantitative estimate of drug-likeness (QED) is 0.242. The molecule has 3 rings (SSSR count). The van der Waals surface area contributed by atoms with Gasteiger partial charge in [0.25, 0.3) is 0 Å². The van der Waals surface area contributed by atoms with Crippen LogP contribution < -0.4 is 0 Å². The van der Waals surface area contributed by atoms with Gasteiger partial charge in [0.05, 0.1) is 6.54 Å². The molecule has 3 fully saturated rings. The van der Waals surface area contributed by atoms with Crippen LogP contribution in [0.2, 0.25) is 0 Å². The minimum absolute atomic E-state index is 0.0890. The molecule has 0 N–H and O–H groups in total.